The molecule has 6 nitrogen and oxygen atoms in total. The van der Waals surface area contributed by atoms with Gasteiger partial charge in [-0.1, -0.05) is 0 Å². The van der Waals surface area contributed by atoms with Crippen LogP contribution in [0.3, 0.4) is 0 Å². The molecule has 1 unspecified atom stereocenters. The number of benzene rings is 1. The van der Waals surface area contributed by atoms with Gasteiger partial charge in [0.2, 0.25) is 5.95 Å². The molecule has 30 heavy (non-hydrogen) atoms. The second-order valence-corrected chi connectivity index (χ2v) is 7.38. The summed E-state index contributed by atoms with van der Waals surface area (Å²) in [6.45, 7) is 0.943. The van der Waals surface area contributed by atoms with Gasteiger partial charge in [-0.15, -0.1) is 0 Å². The van der Waals surface area contributed by atoms with E-state index in [0.29, 0.717) is 37.6 Å². The Hall–Kier alpha value is -3.42. The number of halogens is 2. The van der Waals surface area contributed by atoms with Crippen LogP contribution in [-0.4, -0.2) is 33.4 Å². The van der Waals surface area contributed by atoms with E-state index < -0.39 is 17.6 Å². The lowest BCUT2D eigenvalue weighted by atomic mass is 9.90. The van der Waals surface area contributed by atoms with Gasteiger partial charge in [-0.3, -0.25) is 19.1 Å². The monoisotopic (exact) mass is 410 g/mol. The summed E-state index contributed by atoms with van der Waals surface area (Å²) in [5.74, 6) is -1.85. The molecule has 8 heteroatoms. The first kappa shape index (κ1) is 19.9. The maximum Gasteiger partial charge on any atom is 0.255 e. The number of hydrogen-bond donors (Lipinski definition) is 0. The molecule has 0 N–H and O–H groups in total. The highest BCUT2D eigenvalue weighted by molar-refractivity contribution is 5.98. The summed E-state index contributed by atoms with van der Waals surface area (Å²) >= 11 is 0. The van der Waals surface area contributed by atoms with Gasteiger partial charge in [-0.05, 0) is 37.1 Å². The zero-order chi connectivity index (χ0) is 21.3. The summed E-state index contributed by atoms with van der Waals surface area (Å²) in [7, 11) is 1.63. The molecular weight excluding hydrogens is 390 g/mol. The summed E-state index contributed by atoms with van der Waals surface area (Å²) in [5.41, 5.74) is 1.10. The number of carbonyl (C=O) groups is 1. The third-order valence-corrected chi connectivity index (χ3v) is 5.31. The molecule has 4 rings (SSSR count). The molecule has 0 amide bonds. The summed E-state index contributed by atoms with van der Waals surface area (Å²) in [4.78, 5) is 35.9. The van der Waals surface area contributed by atoms with Gasteiger partial charge in [0.1, 0.15) is 11.6 Å². The number of carbonyl (C=O) groups excluding carboxylic acids is 1. The fourth-order valence-electron chi connectivity index (χ4n) is 3.79. The van der Waals surface area contributed by atoms with Crippen LogP contribution >= 0.6 is 0 Å². The molecule has 1 aliphatic heterocycles. The van der Waals surface area contributed by atoms with Crippen molar-refractivity contribution in [3.05, 3.63) is 76.3 Å². The summed E-state index contributed by atoms with van der Waals surface area (Å²) in [6, 6.07) is 7.86. The molecule has 0 bridgehead atoms. The minimum Gasteiger partial charge on any atom is -0.341 e. The van der Waals surface area contributed by atoms with Crippen molar-refractivity contribution < 1.29 is 13.6 Å². The number of aromatic nitrogens is 3. The Bertz CT molecular complexity index is 1130. The van der Waals surface area contributed by atoms with E-state index in [1.54, 1.807) is 31.6 Å². The van der Waals surface area contributed by atoms with Crippen LogP contribution in [0.25, 0.3) is 11.3 Å². The highest BCUT2D eigenvalue weighted by Gasteiger charge is 2.29. The summed E-state index contributed by atoms with van der Waals surface area (Å²) in [6.07, 6.45) is 4.55. The van der Waals surface area contributed by atoms with Crippen LogP contribution < -0.4 is 10.5 Å². The van der Waals surface area contributed by atoms with Crippen molar-refractivity contribution in [1.82, 2.24) is 14.5 Å². The van der Waals surface area contributed by atoms with Gasteiger partial charge in [0.15, 0.2) is 5.78 Å². The molecule has 1 saturated heterocycles. The maximum atomic E-state index is 13.5. The molecule has 3 aromatic rings. The molecule has 0 aliphatic carbocycles. The third-order valence-electron chi connectivity index (χ3n) is 5.31. The van der Waals surface area contributed by atoms with E-state index in [4.69, 9.17) is 0 Å². The lowest BCUT2D eigenvalue weighted by Gasteiger charge is -2.33. The maximum absolute atomic E-state index is 13.5. The Kier molecular flexibility index (Phi) is 5.39. The van der Waals surface area contributed by atoms with Crippen molar-refractivity contribution in [1.29, 1.82) is 0 Å². The summed E-state index contributed by atoms with van der Waals surface area (Å²) < 4.78 is 28.5. The minimum atomic E-state index is -0.778. The average Bonchev–Trinajstić information content (AvgIpc) is 2.75. The lowest BCUT2D eigenvalue weighted by molar-refractivity contribution is 0.0905. The van der Waals surface area contributed by atoms with Crippen molar-refractivity contribution in [2.75, 3.05) is 18.0 Å². The number of ketones is 1. The first-order valence-electron chi connectivity index (χ1n) is 9.66. The van der Waals surface area contributed by atoms with Gasteiger partial charge < -0.3 is 4.90 Å². The third kappa shape index (κ3) is 3.98. The smallest absolute Gasteiger partial charge is 0.255 e. The van der Waals surface area contributed by atoms with E-state index in [2.05, 4.69) is 9.97 Å². The topological polar surface area (TPSA) is 68.1 Å². The molecule has 2 aromatic heterocycles. The standard InChI is InChI=1S/C22H20F2N4O2/c1-27-20(29)12-19(14-4-6-25-7-5-14)26-22(27)28-8-2-3-15(13-28)21(30)16-9-17(23)11-18(24)10-16/h4-7,9-12,15H,2-3,8,13H2,1H3. The Morgan fingerprint density at radius 1 is 1.10 bits per heavy atom. The average molecular weight is 410 g/mol. The molecule has 1 atom stereocenters. The van der Waals surface area contributed by atoms with Crippen LogP contribution in [0.15, 0.2) is 53.6 Å². The second-order valence-electron chi connectivity index (χ2n) is 7.38. The molecule has 0 saturated carbocycles. The SMILES string of the molecule is Cn1c(N2CCCC(C(=O)c3cc(F)cc(F)c3)C2)nc(-c2ccncc2)cc1=O. The highest BCUT2D eigenvalue weighted by atomic mass is 19.1. The van der Waals surface area contributed by atoms with Crippen LogP contribution in [0.2, 0.25) is 0 Å². The Balaban J connectivity index is 1.64. The number of nitrogens with zero attached hydrogens (tertiary/aromatic N) is 4. The second kappa shape index (κ2) is 8.14. The van der Waals surface area contributed by atoms with E-state index in [0.717, 1.165) is 23.8 Å². The minimum absolute atomic E-state index is 0.0201. The van der Waals surface area contributed by atoms with E-state index in [-0.39, 0.29) is 16.9 Å². The Morgan fingerprint density at radius 3 is 2.50 bits per heavy atom. The first-order chi connectivity index (χ1) is 14.4. The Labute approximate surface area is 171 Å². The van der Waals surface area contributed by atoms with Crippen molar-refractivity contribution >= 4 is 11.7 Å². The Morgan fingerprint density at radius 2 is 1.80 bits per heavy atom. The van der Waals surface area contributed by atoms with Gasteiger partial charge >= 0.3 is 0 Å². The number of Topliss-reactive ketones (excluding diaryl/α,β-unsaturated/α-hetero) is 1. The fraction of sp³-hybridized carbons (Fsp3) is 0.273. The van der Waals surface area contributed by atoms with Crippen molar-refractivity contribution in [2.24, 2.45) is 13.0 Å². The van der Waals surface area contributed by atoms with Crippen molar-refractivity contribution in [3.63, 3.8) is 0 Å². The molecule has 0 spiro atoms. The highest BCUT2D eigenvalue weighted by Crippen LogP contribution is 2.26. The van der Waals surface area contributed by atoms with Crippen molar-refractivity contribution in [2.45, 2.75) is 12.8 Å². The predicted molar refractivity (Wildman–Crippen MR) is 108 cm³/mol. The number of anilines is 1. The first-order valence-corrected chi connectivity index (χ1v) is 9.66. The van der Waals surface area contributed by atoms with Gasteiger partial charge in [-0.2, -0.15) is 0 Å². The van der Waals surface area contributed by atoms with Crippen LogP contribution in [0, 0.1) is 17.6 Å². The fourth-order valence-corrected chi connectivity index (χ4v) is 3.79. The number of piperidine rings is 1. The number of hydrogen-bond acceptors (Lipinski definition) is 5. The van der Waals surface area contributed by atoms with E-state index in [1.807, 2.05) is 4.90 Å². The quantitative estimate of drug-likeness (QED) is 0.618. The van der Waals surface area contributed by atoms with E-state index in [1.165, 1.54) is 10.6 Å². The van der Waals surface area contributed by atoms with Crippen LogP contribution in [0.4, 0.5) is 14.7 Å². The molecule has 1 aliphatic rings. The van der Waals surface area contributed by atoms with Crippen LogP contribution in [-0.2, 0) is 7.05 Å². The molecular formula is C22H20F2N4O2. The number of rotatable bonds is 4. The molecule has 154 valence electrons. The largest absolute Gasteiger partial charge is 0.341 e. The van der Waals surface area contributed by atoms with Gasteiger partial charge in [0.25, 0.3) is 5.56 Å². The summed E-state index contributed by atoms with van der Waals surface area (Å²) in [5, 5.41) is 0. The zero-order valence-corrected chi connectivity index (χ0v) is 16.4. The van der Waals surface area contributed by atoms with Gasteiger partial charge in [0.05, 0.1) is 5.69 Å². The zero-order valence-electron chi connectivity index (χ0n) is 16.4. The predicted octanol–water partition coefficient (Wildman–Crippen LogP) is 3.22. The molecule has 0 radical (unpaired) electrons. The molecule has 1 aromatic carbocycles. The lowest BCUT2D eigenvalue weighted by Crippen LogP contribution is -2.42. The number of pyridine rings is 1. The normalized spacial score (nSPS) is 16.5. The molecule has 3 heterocycles. The van der Waals surface area contributed by atoms with Crippen molar-refractivity contribution in [3.8, 4) is 11.3 Å². The van der Waals surface area contributed by atoms with Gasteiger partial charge in [0, 0.05) is 61.7 Å². The van der Waals surface area contributed by atoms with E-state index in [9.17, 15) is 18.4 Å². The molecule has 1 fully saturated rings. The van der Waals surface area contributed by atoms with Crippen LogP contribution in [0.5, 0.6) is 0 Å². The van der Waals surface area contributed by atoms with Gasteiger partial charge in [-0.25, -0.2) is 13.8 Å². The van der Waals surface area contributed by atoms with E-state index >= 15 is 0 Å². The van der Waals surface area contributed by atoms with Crippen LogP contribution in [0.1, 0.15) is 23.2 Å².